The highest BCUT2D eigenvalue weighted by atomic mass is 35.5. The van der Waals surface area contributed by atoms with Gasteiger partial charge in [0.1, 0.15) is 74.4 Å². The number of hydrogen-bond donors (Lipinski definition) is 9. The van der Waals surface area contributed by atoms with E-state index in [2.05, 4.69) is 17.6 Å². The van der Waals surface area contributed by atoms with Crippen LogP contribution < -0.4 is 23.0 Å². The third kappa shape index (κ3) is 23.3. The number of amides is 2. The molecule has 0 saturated carbocycles. The maximum Gasteiger partial charge on any atom is 0.362 e. The van der Waals surface area contributed by atoms with Gasteiger partial charge in [-0.3, -0.25) is 24.0 Å². The number of likely N-dealkylation sites (N-methyl/N-ethyl adjacent to an activating group) is 1. The number of halogens is 1. The van der Waals surface area contributed by atoms with E-state index in [1.54, 1.807) is 0 Å². The summed E-state index contributed by atoms with van der Waals surface area (Å²) in [6.07, 6.45) is -3.29. The van der Waals surface area contributed by atoms with Crippen molar-refractivity contribution in [1.82, 2.24) is 10.6 Å². The van der Waals surface area contributed by atoms with E-state index in [0.29, 0.717) is 25.8 Å². The quantitative estimate of drug-likeness (QED) is 0.00601. The third-order valence-corrected chi connectivity index (χ3v) is 11.1. The van der Waals surface area contributed by atoms with Crippen molar-refractivity contribution in [3.63, 3.8) is 0 Å². The maximum atomic E-state index is 12.8. The lowest BCUT2D eigenvalue weighted by molar-refractivity contribution is -0.883. The Balaban J connectivity index is 0.0000231. The number of nitrogens with one attached hydrogen (secondary N) is 2. The van der Waals surface area contributed by atoms with E-state index in [-0.39, 0.29) is 42.4 Å². The Morgan fingerprint density at radius 1 is 0.750 bits per heavy atom. The number of carbonyl (C=O) groups excluding carboxylic acids is 6. The van der Waals surface area contributed by atoms with Gasteiger partial charge in [-0.25, -0.2) is 4.79 Å². The van der Waals surface area contributed by atoms with Crippen LogP contribution in [0, 0.1) is 0 Å². The fraction of sp³-hybridized carbons (Fsp3) is 0.818. The summed E-state index contributed by atoms with van der Waals surface area (Å²) >= 11 is 0. The molecule has 2 aliphatic heterocycles. The molecule has 2 rings (SSSR count). The normalized spacial score (nSPS) is 25.9. The number of hydrogen-bond acceptors (Lipinski definition) is 20. The number of aliphatic hydroxyl groups excluding tert-OH is 7. The lowest BCUT2D eigenvalue weighted by Crippen LogP contribution is -3.00. The van der Waals surface area contributed by atoms with E-state index in [4.69, 9.17) is 33.2 Å². The molecule has 12 atom stereocenters. The average Bonchev–Trinajstić information content (AvgIpc) is 3.25. The van der Waals surface area contributed by atoms with Gasteiger partial charge in [-0.2, -0.15) is 0 Å². The van der Waals surface area contributed by atoms with Crippen molar-refractivity contribution in [2.75, 3.05) is 53.8 Å². The maximum absolute atomic E-state index is 12.8. The fourth-order valence-electron chi connectivity index (χ4n) is 7.36. The minimum Gasteiger partial charge on any atom is -1.00 e. The Kier molecular flexibility index (Phi) is 30.4. The van der Waals surface area contributed by atoms with Gasteiger partial charge in [0.05, 0.1) is 33.4 Å². The molecule has 0 spiro atoms. The first-order valence-corrected chi connectivity index (χ1v) is 23.0. The molecular weight excluding hydrogens is 926 g/mol. The van der Waals surface area contributed by atoms with Crippen LogP contribution in [-0.2, 0) is 61.9 Å². The molecule has 2 heterocycles. The lowest BCUT2D eigenvalue weighted by Gasteiger charge is -2.47. The van der Waals surface area contributed by atoms with Crippen molar-refractivity contribution in [3.8, 4) is 0 Å². The SMILES string of the molecule is CCCCCC(OC(=O)C[N+](C)(C)CCOC(C)=O)C(O)C/C=C\CCCCCCCC(=O)OCOC(=O)CC(=O)N[C@@H]1C(O)[C@@H](O[C@H]2OC(CO)[C@H](O)C(O)[C@H]2NC(C)=O)C(CO)O[C@@H]1O.[Cl-]. The number of aliphatic hydroxyl groups is 7. The Morgan fingerprint density at radius 2 is 1.41 bits per heavy atom. The second kappa shape index (κ2) is 33.1. The van der Waals surface area contributed by atoms with Crippen LogP contribution in [0.5, 0.6) is 0 Å². The van der Waals surface area contributed by atoms with E-state index in [0.717, 1.165) is 58.3 Å². The van der Waals surface area contributed by atoms with E-state index >= 15 is 0 Å². The molecule has 0 aliphatic carbocycles. The van der Waals surface area contributed by atoms with Gasteiger partial charge in [-0.15, -0.1) is 0 Å². The van der Waals surface area contributed by atoms with Crippen molar-refractivity contribution < 1.29 is 115 Å². The van der Waals surface area contributed by atoms with E-state index in [9.17, 15) is 64.5 Å². The monoisotopic (exact) mass is 1000 g/mol. The summed E-state index contributed by atoms with van der Waals surface area (Å²) in [5.74, 6) is -4.24. The summed E-state index contributed by atoms with van der Waals surface area (Å²) in [6, 6.07) is -3.08. The molecule has 2 saturated heterocycles. The number of unbranched alkanes of at least 4 members (excludes halogenated alkanes) is 7. The summed E-state index contributed by atoms with van der Waals surface area (Å²) in [4.78, 5) is 72.8. The zero-order valence-electron chi connectivity index (χ0n) is 39.8. The van der Waals surface area contributed by atoms with Crippen LogP contribution >= 0.6 is 0 Å². The molecule has 6 unspecified atom stereocenters. The van der Waals surface area contributed by atoms with Gasteiger partial charge in [0.15, 0.2) is 19.1 Å². The van der Waals surface area contributed by atoms with E-state index in [1.807, 2.05) is 26.2 Å². The van der Waals surface area contributed by atoms with Gasteiger partial charge >= 0.3 is 23.9 Å². The van der Waals surface area contributed by atoms with Crippen LogP contribution in [0.25, 0.3) is 0 Å². The highest BCUT2D eigenvalue weighted by Crippen LogP contribution is 2.29. The molecule has 0 aromatic heterocycles. The summed E-state index contributed by atoms with van der Waals surface area (Å²) in [5, 5.41) is 77.4. The Bertz CT molecular complexity index is 1560. The minimum atomic E-state index is -1.91. The van der Waals surface area contributed by atoms with E-state index in [1.165, 1.54) is 6.92 Å². The summed E-state index contributed by atoms with van der Waals surface area (Å²) < 4.78 is 37.3. The second-order valence-corrected chi connectivity index (χ2v) is 17.5. The van der Waals surface area contributed by atoms with Crippen molar-refractivity contribution in [3.05, 3.63) is 12.2 Å². The molecule has 2 fully saturated rings. The lowest BCUT2D eigenvalue weighted by atomic mass is 9.94. The van der Waals surface area contributed by atoms with Crippen molar-refractivity contribution >= 4 is 35.7 Å². The average molecular weight is 1000 g/mol. The van der Waals surface area contributed by atoms with Gasteiger partial charge in [-0.05, 0) is 38.5 Å². The van der Waals surface area contributed by atoms with Crippen molar-refractivity contribution in [2.24, 2.45) is 0 Å². The molecule has 2 amide bonds. The number of allylic oxidation sites excluding steroid dienone is 1. The van der Waals surface area contributed by atoms with Gasteiger partial charge in [-0.1, -0.05) is 51.2 Å². The molecule has 24 heteroatoms. The molecule has 23 nitrogen and oxygen atoms in total. The van der Waals surface area contributed by atoms with Gasteiger partial charge in [0.25, 0.3) is 0 Å². The molecule has 9 N–H and O–H groups in total. The number of ether oxygens (including phenoxy) is 7. The summed E-state index contributed by atoms with van der Waals surface area (Å²) in [5.41, 5.74) is 0. The Morgan fingerprint density at radius 3 is 2.06 bits per heavy atom. The number of rotatable bonds is 31. The summed E-state index contributed by atoms with van der Waals surface area (Å²) in [7, 11) is 3.68. The standard InChI is InChI=1S/C44H75N3O20.ClH/c1-6-7-14-18-30(64-36(56)23-47(4,5)20-21-61-28(3)51)29(52)17-15-12-10-8-9-11-13-16-19-34(54)62-26-63-35(55)22-33(53)46-37-41(59)42(32(25-49)65-43(37)60)67-44-38(45-27(2)50)40(58)39(57)31(24-48)66-44;/h12,15,29-32,37-44,48-49,52,57-60H,6-11,13-14,16-26H2,1-5H3,(H-,45,46,50,53);1H/b15-12-;/t29?,30?,31?,32?,37-,38-,39+,40?,41?,42+,43+,44-;/m1./s1. The highest BCUT2D eigenvalue weighted by Gasteiger charge is 2.51. The van der Waals surface area contributed by atoms with Crippen LogP contribution in [0.15, 0.2) is 12.2 Å². The van der Waals surface area contributed by atoms with Crippen LogP contribution in [0.1, 0.15) is 104 Å². The Hall–Kier alpha value is -3.59. The van der Waals surface area contributed by atoms with Crippen LogP contribution in [0.4, 0.5) is 0 Å². The first-order chi connectivity index (χ1) is 31.7. The highest BCUT2D eigenvalue weighted by molar-refractivity contribution is 5.94. The van der Waals surface area contributed by atoms with Gasteiger partial charge < -0.3 is 96.4 Å². The number of esters is 4. The van der Waals surface area contributed by atoms with Gasteiger partial charge in [0, 0.05) is 20.3 Å². The third-order valence-electron chi connectivity index (χ3n) is 11.1. The Labute approximate surface area is 403 Å². The molecule has 394 valence electrons. The zero-order valence-corrected chi connectivity index (χ0v) is 40.5. The number of nitrogens with zero attached hydrogens (tertiary/aromatic N) is 1. The van der Waals surface area contributed by atoms with Crippen LogP contribution in [0.2, 0.25) is 0 Å². The predicted molar refractivity (Wildman–Crippen MR) is 232 cm³/mol. The smallest absolute Gasteiger partial charge is 0.362 e. The molecule has 0 bridgehead atoms. The largest absolute Gasteiger partial charge is 1.00 e. The first-order valence-electron chi connectivity index (χ1n) is 23.0. The second-order valence-electron chi connectivity index (χ2n) is 17.5. The van der Waals surface area contributed by atoms with Crippen molar-refractivity contribution in [2.45, 2.75) is 178 Å². The van der Waals surface area contributed by atoms with Crippen LogP contribution in [-0.4, -0.2) is 203 Å². The minimum absolute atomic E-state index is 0. The number of carbonyl (C=O) groups is 6. The molecule has 2 aliphatic rings. The zero-order chi connectivity index (χ0) is 50.1. The first kappa shape index (κ1) is 62.4. The van der Waals surface area contributed by atoms with Crippen LogP contribution in [0.3, 0.4) is 0 Å². The fourth-order valence-corrected chi connectivity index (χ4v) is 7.36. The van der Waals surface area contributed by atoms with Crippen molar-refractivity contribution in [1.29, 1.82) is 0 Å². The molecule has 0 aromatic carbocycles. The summed E-state index contributed by atoms with van der Waals surface area (Å²) in [6.45, 7) is 2.86. The topological polar surface area (TPSA) is 333 Å². The van der Waals surface area contributed by atoms with E-state index < -0.39 is 130 Å². The molecule has 68 heavy (non-hydrogen) atoms. The van der Waals surface area contributed by atoms with Gasteiger partial charge in [0.2, 0.25) is 18.6 Å². The number of quaternary nitrogens is 1. The predicted octanol–water partition coefficient (Wildman–Crippen LogP) is -4.52. The molecular formula is C44H76ClN3O20. The molecule has 0 radical (unpaired) electrons. The molecule has 0 aromatic rings.